The molecular weight excluding hydrogens is 412 g/mol. The minimum Gasteiger partial charge on any atom is -0.493 e. The fraction of sp³-hybridized carbons (Fsp3) is 0.208. The lowest BCUT2D eigenvalue weighted by molar-refractivity contribution is 0.355. The van der Waals surface area contributed by atoms with Crippen LogP contribution in [0.4, 0.5) is 0 Å². The normalized spacial score (nSPS) is 16.2. The van der Waals surface area contributed by atoms with Gasteiger partial charge in [-0.3, -0.25) is 0 Å². The zero-order valence-corrected chi connectivity index (χ0v) is 18.5. The highest BCUT2D eigenvalue weighted by Crippen LogP contribution is 2.38. The Hall–Kier alpha value is -3.32. The van der Waals surface area contributed by atoms with Crippen LogP contribution in [-0.2, 0) is 10.0 Å². The van der Waals surface area contributed by atoms with E-state index in [0.717, 1.165) is 16.7 Å². The summed E-state index contributed by atoms with van der Waals surface area (Å²) in [6.07, 6.45) is 0.449. The highest BCUT2D eigenvalue weighted by molar-refractivity contribution is 7.89. The SMILES string of the molecule is COc1ccc(C2=NN(S(=O)(=O)c3ccccc3)C(c3cccc(C)c3)C2)cc1OC. The molecule has 1 atom stereocenters. The van der Waals surface area contributed by atoms with Gasteiger partial charge in [0.15, 0.2) is 11.5 Å². The van der Waals surface area contributed by atoms with Gasteiger partial charge < -0.3 is 9.47 Å². The molecule has 0 aliphatic carbocycles. The summed E-state index contributed by atoms with van der Waals surface area (Å²) in [5.41, 5.74) is 3.43. The van der Waals surface area contributed by atoms with Crippen LogP contribution >= 0.6 is 0 Å². The molecule has 3 aromatic carbocycles. The molecule has 1 unspecified atom stereocenters. The summed E-state index contributed by atoms with van der Waals surface area (Å²) < 4.78 is 38.9. The summed E-state index contributed by atoms with van der Waals surface area (Å²) in [7, 11) is -0.683. The molecule has 0 bridgehead atoms. The fourth-order valence-electron chi connectivity index (χ4n) is 3.73. The highest BCUT2D eigenvalue weighted by atomic mass is 32.2. The first-order chi connectivity index (χ1) is 14.9. The van der Waals surface area contributed by atoms with Crippen molar-refractivity contribution in [1.29, 1.82) is 0 Å². The number of aryl methyl sites for hydroxylation is 1. The van der Waals surface area contributed by atoms with Crippen molar-refractivity contribution in [1.82, 2.24) is 4.41 Å². The zero-order valence-electron chi connectivity index (χ0n) is 17.6. The molecule has 1 aliphatic rings. The van der Waals surface area contributed by atoms with E-state index in [0.29, 0.717) is 23.6 Å². The van der Waals surface area contributed by atoms with Gasteiger partial charge in [0.25, 0.3) is 10.0 Å². The standard InChI is InChI=1S/C24H24N2O4S/c1-17-8-7-9-19(14-17)22-16-21(18-12-13-23(29-2)24(15-18)30-3)25-26(22)31(27,28)20-10-5-4-6-11-20/h4-15,22H,16H2,1-3H3. The lowest BCUT2D eigenvalue weighted by Gasteiger charge is -2.23. The van der Waals surface area contributed by atoms with Crippen LogP contribution in [-0.4, -0.2) is 32.8 Å². The Labute approximate surface area is 182 Å². The Kier molecular flexibility index (Phi) is 5.69. The van der Waals surface area contributed by atoms with E-state index in [2.05, 4.69) is 5.10 Å². The second-order valence-electron chi connectivity index (χ2n) is 7.34. The number of rotatable bonds is 6. The molecule has 4 rings (SSSR count). The van der Waals surface area contributed by atoms with Gasteiger partial charge in [0.05, 0.1) is 30.9 Å². The van der Waals surface area contributed by atoms with E-state index >= 15 is 0 Å². The first-order valence-corrected chi connectivity index (χ1v) is 11.3. The Bertz CT molecular complexity index is 1220. The Balaban J connectivity index is 1.81. The van der Waals surface area contributed by atoms with Crippen LogP contribution in [0, 0.1) is 6.92 Å². The third-order valence-corrected chi connectivity index (χ3v) is 7.00. The van der Waals surface area contributed by atoms with Gasteiger partial charge in [-0.05, 0) is 42.8 Å². The molecule has 1 heterocycles. The molecule has 0 saturated heterocycles. The number of methoxy groups -OCH3 is 2. The fourth-order valence-corrected chi connectivity index (χ4v) is 5.18. The van der Waals surface area contributed by atoms with Crippen LogP contribution in [0.1, 0.15) is 29.2 Å². The Morgan fingerprint density at radius 3 is 2.32 bits per heavy atom. The van der Waals surface area contributed by atoms with E-state index in [1.807, 2.05) is 43.3 Å². The molecule has 160 valence electrons. The molecule has 1 aliphatic heterocycles. The maximum Gasteiger partial charge on any atom is 0.279 e. The van der Waals surface area contributed by atoms with Crippen molar-refractivity contribution >= 4 is 15.7 Å². The van der Waals surface area contributed by atoms with Crippen molar-refractivity contribution in [2.45, 2.75) is 24.3 Å². The lowest BCUT2D eigenvalue weighted by Crippen LogP contribution is -2.27. The summed E-state index contributed by atoms with van der Waals surface area (Å²) in [5, 5.41) is 4.59. The number of hydrazone groups is 1. The van der Waals surface area contributed by atoms with Crippen molar-refractivity contribution in [2.75, 3.05) is 14.2 Å². The Morgan fingerprint density at radius 2 is 1.65 bits per heavy atom. The van der Waals surface area contributed by atoms with E-state index in [-0.39, 0.29) is 4.90 Å². The van der Waals surface area contributed by atoms with Gasteiger partial charge in [-0.1, -0.05) is 48.0 Å². The van der Waals surface area contributed by atoms with Crippen molar-refractivity contribution in [3.05, 3.63) is 89.5 Å². The molecule has 0 fully saturated rings. The molecule has 3 aromatic rings. The van der Waals surface area contributed by atoms with Gasteiger partial charge >= 0.3 is 0 Å². The van der Waals surface area contributed by atoms with Crippen LogP contribution in [0.5, 0.6) is 11.5 Å². The first-order valence-electron chi connectivity index (χ1n) is 9.90. The predicted molar refractivity (Wildman–Crippen MR) is 120 cm³/mol. The van der Waals surface area contributed by atoms with Gasteiger partial charge in [0.1, 0.15) is 0 Å². The smallest absolute Gasteiger partial charge is 0.279 e. The second-order valence-corrected chi connectivity index (χ2v) is 9.14. The Morgan fingerprint density at radius 1 is 0.903 bits per heavy atom. The van der Waals surface area contributed by atoms with Gasteiger partial charge in [-0.15, -0.1) is 0 Å². The molecule has 6 nitrogen and oxygen atoms in total. The number of benzene rings is 3. The van der Waals surface area contributed by atoms with E-state index in [1.54, 1.807) is 50.6 Å². The zero-order chi connectivity index (χ0) is 22.0. The molecular formula is C24H24N2O4S. The van der Waals surface area contributed by atoms with Gasteiger partial charge in [0.2, 0.25) is 0 Å². The predicted octanol–water partition coefficient (Wildman–Crippen LogP) is 4.55. The summed E-state index contributed by atoms with van der Waals surface area (Å²) in [6.45, 7) is 1.99. The van der Waals surface area contributed by atoms with Crippen LogP contribution in [0.25, 0.3) is 0 Å². The average molecular weight is 437 g/mol. The summed E-state index contributed by atoms with van der Waals surface area (Å²) in [6, 6.07) is 21.3. The molecule has 0 amide bonds. The second kappa shape index (κ2) is 8.43. The maximum atomic E-state index is 13.5. The van der Waals surface area contributed by atoms with E-state index < -0.39 is 16.1 Å². The summed E-state index contributed by atoms with van der Waals surface area (Å²) in [5.74, 6) is 1.17. The minimum atomic E-state index is -3.83. The molecule has 0 N–H and O–H groups in total. The lowest BCUT2D eigenvalue weighted by atomic mass is 9.98. The van der Waals surface area contributed by atoms with Crippen molar-refractivity contribution in [3.8, 4) is 11.5 Å². The van der Waals surface area contributed by atoms with Crippen LogP contribution in [0.15, 0.2) is 82.8 Å². The summed E-state index contributed by atoms with van der Waals surface area (Å²) >= 11 is 0. The molecule has 0 spiro atoms. The molecule has 0 radical (unpaired) electrons. The van der Waals surface area contributed by atoms with Crippen molar-refractivity contribution in [3.63, 3.8) is 0 Å². The molecule has 7 heteroatoms. The van der Waals surface area contributed by atoms with E-state index in [1.165, 1.54) is 4.41 Å². The quantitative estimate of drug-likeness (QED) is 0.568. The van der Waals surface area contributed by atoms with Crippen molar-refractivity contribution < 1.29 is 17.9 Å². The third-order valence-electron chi connectivity index (χ3n) is 5.30. The topological polar surface area (TPSA) is 68.2 Å². The van der Waals surface area contributed by atoms with Gasteiger partial charge in [-0.2, -0.15) is 17.9 Å². The van der Waals surface area contributed by atoms with E-state index in [4.69, 9.17) is 9.47 Å². The van der Waals surface area contributed by atoms with Crippen LogP contribution < -0.4 is 9.47 Å². The first kappa shape index (κ1) is 20.9. The number of sulfonamides is 1. The average Bonchev–Trinajstić information content (AvgIpc) is 3.26. The maximum absolute atomic E-state index is 13.5. The van der Waals surface area contributed by atoms with Crippen molar-refractivity contribution in [2.24, 2.45) is 5.10 Å². The van der Waals surface area contributed by atoms with Gasteiger partial charge in [0, 0.05) is 12.0 Å². The van der Waals surface area contributed by atoms with Crippen LogP contribution in [0.3, 0.4) is 0 Å². The highest BCUT2D eigenvalue weighted by Gasteiger charge is 2.37. The van der Waals surface area contributed by atoms with Crippen LogP contribution in [0.2, 0.25) is 0 Å². The molecule has 0 saturated carbocycles. The number of hydrogen-bond donors (Lipinski definition) is 0. The minimum absolute atomic E-state index is 0.213. The van der Waals surface area contributed by atoms with Gasteiger partial charge in [-0.25, -0.2) is 0 Å². The monoisotopic (exact) mass is 436 g/mol. The molecule has 31 heavy (non-hydrogen) atoms. The number of ether oxygens (including phenoxy) is 2. The number of hydrogen-bond acceptors (Lipinski definition) is 5. The third kappa shape index (κ3) is 4.01. The van der Waals surface area contributed by atoms with E-state index in [9.17, 15) is 8.42 Å². The largest absolute Gasteiger partial charge is 0.493 e. The molecule has 0 aromatic heterocycles. The number of nitrogens with zero attached hydrogens (tertiary/aromatic N) is 2. The summed E-state index contributed by atoms with van der Waals surface area (Å²) in [4.78, 5) is 0.213.